The number of benzene rings is 1. The number of nitrogens with one attached hydrogen (secondary N) is 1. The molecule has 0 aliphatic rings. The molecule has 2 rings (SSSR count). The van der Waals surface area contributed by atoms with E-state index in [0.29, 0.717) is 0 Å². The van der Waals surface area contributed by atoms with Crippen molar-refractivity contribution in [2.75, 3.05) is 13.7 Å². The smallest absolute Gasteiger partial charge is 0.165 e. The molecule has 1 aromatic carbocycles. The molecule has 4 nitrogen and oxygen atoms in total. The maximum absolute atomic E-state index is 13.7. The lowest BCUT2D eigenvalue weighted by molar-refractivity contribution is 0.385. The number of hydrogen-bond acceptors (Lipinski definition) is 3. The summed E-state index contributed by atoms with van der Waals surface area (Å²) in [6.45, 7) is 5.80. The Bertz CT molecular complexity index is 583. The van der Waals surface area contributed by atoms with Crippen LogP contribution in [0.25, 0.3) is 0 Å². The molecule has 1 atom stereocenters. The monoisotopic (exact) mass is 291 g/mol. The molecule has 114 valence electrons. The van der Waals surface area contributed by atoms with Crippen molar-refractivity contribution in [2.24, 2.45) is 0 Å². The maximum Gasteiger partial charge on any atom is 0.165 e. The number of ether oxygens (including phenoxy) is 1. The van der Waals surface area contributed by atoms with Crippen LogP contribution in [0.15, 0.2) is 30.6 Å². The van der Waals surface area contributed by atoms with Gasteiger partial charge in [-0.05, 0) is 50.1 Å². The minimum atomic E-state index is -0.326. The second-order valence-electron chi connectivity index (χ2n) is 5.02. The van der Waals surface area contributed by atoms with Gasteiger partial charge in [-0.15, -0.1) is 0 Å². The van der Waals surface area contributed by atoms with Gasteiger partial charge in [-0.2, -0.15) is 5.10 Å². The summed E-state index contributed by atoms with van der Waals surface area (Å²) in [6, 6.07) is 5.15. The third kappa shape index (κ3) is 4.04. The van der Waals surface area contributed by atoms with Crippen molar-refractivity contribution >= 4 is 0 Å². The maximum atomic E-state index is 13.7. The number of aromatic nitrogens is 2. The lowest BCUT2D eigenvalue weighted by atomic mass is 10.1. The first-order chi connectivity index (χ1) is 10.1. The van der Waals surface area contributed by atoms with E-state index < -0.39 is 0 Å². The number of nitrogens with zero attached hydrogens (tertiary/aromatic N) is 2. The van der Waals surface area contributed by atoms with Crippen LogP contribution in [-0.2, 0) is 13.0 Å². The standard InChI is InChI=1S/C16H22FN3O/c1-4-20-11-13(10-19-20)7-8-18-12(2)14-5-6-16(21-3)15(17)9-14/h5-6,9-12,18H,4,7-8H2,1-3H3/t12-/m0/s1. The van der Waals surface area contributed by atoms with Crippen molar-refractivity contribution in [1.29, 1.82) is 0 Å². The zero-order valence-electron chi connectivity index (χ0n) is 12.8. The van der Waals surface area contributed by atoms with E-state index in [4.69, 9.17) is 4.74 Å². The van der Waals surface area contributed by atoms with Gasteiger partial charge < -0.3 is 10.1 Å². The van der Waals surface area contributed by atoms with E-state index in [0.717, 1.165) is 25.1 Å². The van der Waals surface area contributed by atoms with Gasteiger partial charge >= 0.3 is 0 Å². The molecule has 1 heterocycles. The molecule has 2 aromatic rings. The zero-order chi connectivity index (χ0) is 15.2. The number of hydrogen-bond donors (Lipinski definition) is 1. The van der Waals surface area contributed by atoms with Crippen LogP contribution < -0.4 is 10.1 Å². The fraction of sp³-hybridized carbons (Fsp3) is 0.438. The molecule has 0 saturated heterocycles. The third-order valence-electron chi connectivity index (χ3n) is 3.55. The quantitative estimate of drug-likeness (QED) is 0.852. The van der Waals surface area contributed by atoms with Crippen molar-refractivity contribution in [3.8, 4) is 5.75 Å². The van der Waals surface area contributed by atoms with Crippen molar-refractivity contribution in [2.45, 2.75) is 32.9 Å². The molecule has 0 aliphatic carbocycles. The van der Waals surface area contributed by atoms with Crippen LogP contribution in [0.1, 0.15) is 31.0 Å². The molecular weight excluding hydrogens is 269 g/mol. The van der Waals surface area contributed by atoms with Gasteiger partial charge in [0.25, 0.3) is 0 Å². The van der Waals surface area contributed by atoms with Crippen LogP contribution in [-0.4, -0.2) is 23.4 Å². The molecule has 0 saturated carbocycles. The zero-order valence-corrected chi connectivity index (χ0v) is 12.8. The molecule has 0 bridgehead atoms. The number of aryl methyl sites for hydroxylation is 1. The molecule has 5 heteroatoms. The fourth-order valence-corrected chi connectivity index (χ4v) is 2.21. The summed E-state index contributed by atoms with van der Waals surface area (Å²) < 4.78 is 20.5. The predicted octanol–water partition coefficient (Wildman–Crippen LogP) is 2.94. The molecule has 0 aliphatic heterocycles. The largest absolute Gasteiger partial charge is 0.494 e. The lowest BCUT2D eigenvalue weighted by Gasteiger charge is -2.14. The van der Waals surface area contributed by atoms with E-state index in [2.05, 4.69) is 23.5 Å². The minimum Gasteiger partial charge on any atom is -0.494 e. The first-order valence-corrected chi connectivity index (χ1v) is 7.22. The average Bonchev–Trinajstić information content (AvgIpc) is 2.95. The Hall–Kier alpha value is -1.88. The highest BCUT2D eigenvalue weighted by atomic mass is 19.1. The minimum absolute atomic E-state index is 0.0895. The molecule has 21 heavy (non-hydrogen) atoms. The van der Waals surface area contributed by atoms with Crippen molar-refractivity contribution < 1.29 is 9.13 Å². The number of methoxy groups -OCH3 is 1. The summed E-state index contributed by atoms with van der Waals surface area (Å²) in [4.78, 5) is 0. The van der Waals surface area contributed by atoms with E-state index in [1.54, 1.807) is 6.07 Å². The summed E-state index contributed by atoms with van der Waals surface area (Å²) in [6.07, 6.45) is 4.85. The van der Waals surface area contributed by atoms with Crippen LogP contribution in [0.2, 0.25) is 0 Å². The van der Waals surface area contributed by atoms with Crippen LogP contribution in [0, 0.1) is 5.82 Å². The highest BCUT2D eigenvalue weighted by Gasteiger charge is 2.09. The highest BCUT2D eigenvalue weighted by molar-refractivity contribution is 5.30. The summed E-state index contributed by atoms with van der Waals surface area (Å²) in [5.41, 5.74) is 2.12. The average molecular weight is 291 g/mol. The lowest BCUT2D eigenvalue weighted by Crippen LogP contribution is -2.21. The molecule has 0 radical (unpaired) electrons. The topological polar surface area (TPSA) is 39.1 Å². The van der Waals surface area contributed by atoms with E-state index >= 15 is 0 Å². The second-order valence-corrected chi connectivity index (χ2v) is 5.02. The van der Waals surface area contributed by atoms with Gasteiger partial charge in [0.1, 0.15) is 0 Å². The highest BCUT2D eigenvalue weighted by Crippen LogP contribution is 2.21. The summed E-state index contributed by atoms with van der Waals surface area (Å²) >= 11 is 0. The molecule has 0 amide bonds. The van der Waals surface area contributed by atoms with Gasteiger partial charge in [-0.3, -0.25) is 4.68 Å². The molecule has 0 unspecified atom stereocenters. The van der Waals surface area contributed by atoms with E-state index in [1.807, 2.05) is 23.9 Å². The van der Waals surface area contributed by atoms with Gasteiger partial charge in [0, 0.05) is 18.8 Å². The Morgan fingerprint density at radius 3 is 2.86 bits per heavy atom. The summed E-state index contributed by atoms with van der Waals surface area (Å²) in [7, 11) is 1.47. The van der Waals surface area contributed by atoms with Crippen LogP contribution in [0.4, 0.5) is 4.39 Å². The SMILES string of the molecule is CCn1cc(CCN[C@@H](C)c2ccc(OC)c(F)c2)cn1. The van der Waals surface area contributed by atoms with Gasteiger partial charge in [0.15, 0.2) is 11.6 Å². The van der Waals surface area contributed by atoms with E-state index in [9.17, 15) is 4.39 Å². The molecular formula is C16H22FN3O. The Labute approximate surface area is 124 Å². The first-order valence-electron chi connectivity index (χ1n) is 7.22. The first kappa shape index (κ1) is 15.5. The fourth-order valence-electron chi connectivity index (χ4n) is 2.21. The number of rotatable bonds is 7. The molecule has 1 N–H and O–H groups in total. The molecule has 0 fully saturated rings. The van der Waals surface area contributed by atoms with Crippen LogP contribution >= 0.6 is 0 Å². The second kappa shape index (κ2) is 7.22. The Morgan fingerprint density at radius 2 is 2.24 bits per heavy atom. The summed E-state index contributed by atoms with van der Waals surface area (Å²) in [5.74, 6) is -0.0502. The Morgan fingerprint density at radius 1 is 1.43 bits per heavy atom. The van der Waals surface area contributed by atoms with E-state index in [-0.39, 0.29) is 17.6 Å². The predicted molar refractivity (Wildman–Crippen MR) is 81.0 cm³/mol. The third-order valence-corrected chi connectivity index (χ3v) is 3.55. The van der Waals surface area contributed by atoms with Gasteiger partial charge in [-0.1, -0.05) is 6.07 Å². The number of halogens is 1. The molecule has 1 aromatic heterocycles. The van der Waals surface area contributed by atoms with Crippen LogP contribution in [0.5, 0.6) is 5.75 Å². The normalized spacial score (nSPS) is 12.4. The van der Waals surface area contributed by atoms with Crippen molar-refractivity contribution in [3.63, 3.8) is 0 Å². The molecule has 0 spiro atoms. The van der Waals surface area contributed by atoms with Gasteiger partial charge in [0.2, 0.25) is 0 Å². The van der Waals surface area contributed by atoms with Crippen molar-refractivity contribution in [3.05, 3.63) is 47.5 Å². The van der Waals surface area contributed by atoms with E-state index in [1.165, 1.54) is 18.7 Å². The van der Waals surface area contributed by atoms with Crippen molar-refractivity contribution in [1.82, 2.24) is 15.1 Å². The van der Waals surface area contributed by atoms with Crippen LogP contribution in [0.3, 0.4) is 0 Å². The van der Waals surface area contributed by atoms with Gasteiger partial charge in [0.05, 0.1) is 13.3 Å². The van der Waals surface area contributed by atoms with Gasteiger partial charge in [-0.25, -0.2) is 4.39 Å². The summed E-state index contributed by atoms with van der Waals surface area (Å²) in [5, 5.41) is 7.64. The Kier molecular flexibility index (Phi) is 5.33. The Balaban J connectivity index is 1.86.